The summed E-state index contributed by atoms with van der Waals surface area (Å²) >= 11 is 0. The van der Waals surface area contributed by atoms with Crippen molar-refractivity contribution in [2.24, 2.45) is 4.99 Å². The number of hydrogen-bond donors (Lipinski definition) is 2. The Morgan fingerprint density at radius 2 is 1.89 bits per heavy atom. The Morgan fingerprint density at radius 3 is 2.57 bits per heavy atom. The lowest BCUT2D eigenvalue weighted by molar-refractivity contribution is -0.00684. The fourth-order valence-corrected chi connectivity index (χ4v) is 3.92. The van der Waals surface area contributed by atoms with Gasteiger partial charge in [-0.05, 0) is 46.2 Å². The van der Waals surface area contributed by atoms with Gasteiger partial charge in [-0.1, -0.05) is 17.7 Å². The number of nitrogens with one attached hydrogen (secondary N) is 2. The summed E-state index contributed by atoms with van der Waals surface area (Å²) in [5.74, 6) is 0.930. The van der Waals surface area contributed by atoms with Crippen LogP contribution in [0.5, 0.6) is 0 Å². The second-order valence-corrected chi connectivity index (χ2v) is 8.52. The van der Waals surface area contributed by atoms with Gasteiger partial charge in [-0.3, -0.25) is 9.89 Å². The van der Waals surface area contributed by atoms with Crippen LogP contribution in [-0.4, -0.2) is 74.9 Å². The van der Waals surface area contributed by atoms with Gasteiger partial charge in [-0.15, -0.1) is 0 Å². The summed E-state index contributed by atoms with van der Waals surface area (Å²) in [6.07, 6.45) is 1.13. The molecule has 1 unspecified atom stereocenters. The van der Waals surface area contributed by atoms with Crippen LogP contribution in [-0.2, 0) is 4.74 Å². The molecular weight excluding hydrogens is 350 g/mol. The normalized spacial score (nSPS) is 21.8. The SMILES string of the molecule is CCNC(=NCC(C)(C)N1CCOCC1)NC1CCN(c2ccc(C)cc2)C1. The number of ether oxygens (including phenoxy) is 1. The molecule has 1 aromatic carbocycles. The maximum Gasteiger partial charge on any atom is 0.191 e. The zero-order valence-corrected chi connectivity index (χ0v) is 18.0. The van der Waals surface area contributed by atoms with E-state index in [9.17, 15) is 0 Å². The van der Waals surface area contributed by atoms with Crippen molar-refractivity contribution >= 4 is 11.6 Å². The maximum atomic E-state index is 5.49. The molecule has 2 aliphatic rings. The minimum atomic E-state index is 0.0374. The Labute approximate surface area is 170 Å². The van der Waals surface area contributed by atoms with Crippen LogP contribution in [0.4, 0.5) is 5.69 Å². The molecule has 28 heavy (non-hydrogen) atoms. The molecule has 2 aliphatic heterocycles. The highest BCUT2D eigenvalue weighted by Crippen LogP contribution is 2.21. The summed E-state index contributed by atoms with van der Waals surface area (Å²) in [6.45, 7) is 16.2. The molecule has 2 heterocycles. The molecule has 1 aromatic rings. The summed E-state index contributed by atoms with van der Waals surface area (Å²) in [7, 11) is 0. The highest BCUT2D eigenvalue weighted by Gasteiger charge is 2.28. The van der Waals surface area contributed by atoms with Gasteiger partial charge in [0.15, 0.2) is 5.96 Å². The topological polar surface area (TPSA) is 52.1 Å². The standard InChI is InChI=1S/C22H37N5O/c1-5-23-21(24-17-22(3,4)27-12-14-28-15-13-27)25-19-10-11-26(16-19)20-8-6-18(2)7-9-20/h6-9,19H,5,10-17H2,1-4H3,(H2,23,24,25). The van der Waals surface area contributed by atoms with Crippen LogP contribution in [0.3, 0.4) is 0 Å². The zero-order valence-electron chi connectivity index (χ0n) is 18.0. The van der Waals surface area contributed by atoms with Crippen LogP contribution in [0.2, 0.25) is 0 Å². The van der Waals surface area contributed by atoms with Crippen LogP contribution < -0.4 is 15.5 Å². The molecule has 2 N–H and O–H groups in total. The van der Waals surface area contributed by atoms with E-state index in [1.807, 2.05) is 0 Å². The van der Waals surface area contributed by atoms with E-state index in [4.69, 9.17) is 9.73 Å². The van der Waals surface area contributed by atoms with Gasteiger partial charge in [0, 0.05) is 50.0 Å². The largest absolute Gasteiger partial charge is 0.379 e. The Kier molecular flexibility index (Phi) is 7.18. The van der Waals surface area contributed by atoms with Crippen LogP contribution in [0.1, 0.15) is 32.8 Å². The second kappa shape index (κ2) is 9.61. The first kappa shape index (κ1) is 20.9. The summed E-state index contributed by atoms with van der Waals surface area (Å²) < 4.78 is 5.49. The fraction of sp³-hybridized carbons (Fsp3) is 0.682. The van der Waals surface area contributed by atoms with Gasteiger partial charge < -0.3 is 20.3 Å². The summed E-state index contributed by atoms with van der Waals surface area (Å²) in [4.78, 5) is 9.87. The third kappa shape index (κ3) is 5.61. The van der Waals surface area contributed by atoms with E-state index in [2.05, 4.69) is 72.4 Å². The van der Waals surface area contributed by atoms with Crippen molar-refractivity contribution in [2.75, 3.05) is 57.4 Å². The Hall–Kier alpha value is -1.79. The minimum absolute atomic E-state index is 0.0374. The molecule has 0 aromatic heterocycles. The van der Waals surface area contributed by atoms with Gasteiger partial charge in [-0.25, -0.2) is 0 Å². The average Bonchev–Trinajstić information content (AvgIpc) is 3.16. The number of rotatable bonds is 6. The molecule has 0 spiro atoms. The van der Waals surface area contributed by atoms with Crippen molar-refractivity contribution in [1.82, 2.24) is 15.5 Å². The first-order chi connectivity index (χ1) is 13.5. The fourth-order valence-electron chi connectivity index (χ4n) is 3.92. The molecule has 0 saturated carbocycles. The van der Waals surface area contributed by atoms with E-state index in [0.717, 1.165) is 64.9 Å². The van der Waals surface area contributed by atoms with Crippen molar-refractivity contribution in [3.05, 3.63) is 29.8 Å². The molecule has 2 fully saturated rings. The lowest BCUT2D eigenvalue weighted by Gasteiger charge is -2.40. The van der Waals surface area contributed by atoms with Crippen LogP contribution >= 0.6 is 0 Å². The highest BCUT2D eigenvalue weighted by molar-refractivity contribution is 5.80. The predicted octanol–water partition coefficient (Wildman–Crippen LogP) is 2.24. The Morgan fingerprint density at radius 1 is 1.18 bits per heavy atom. The monoisotopic (exact) mass is 387 g/mol. The molecule has 2 saturated heterocycles. The van der Waals surface area contributed by atoms with Crippen molar-refractivity contribution in [1.29, 1.82) is 0 Å². The van der Waals surface area contributed by atoms with Crippen molar-refractivity contribution < 1.29 is 4.74 Å². The summed E-state index contributed by atoms with van der Waals surface area (Å²) in [6, 6.07) is 9.25. The highest BCUT2D eigenvalue weighted by atomic mass is 16.5. The van der Waals surface area contributed by atoms with E-state index in [0.29, 0.717) is 6.04 Å². The molecule has 3 rings (SSSR count). The van der Waals surface area contributed by atoms with Gasteiger partial charge in [0.2, 0.25) is 0 Å². The Balaban J connectivity index is 1.56. The number of anilines is 1. The van der Waals surface area contributed by atoms with Crippen LogP contribution in [0.15, 0.2) is 29.3 Å². The van der Waals surface area contributed by atoms with Crippen molar-refractivity contribution in [2.45, 2.75) is 45.7 Å². The zero-order chi connectivity index (χ0) is 20.0. The minimum Gasteiger partial charge on any atom is -0.379 e. The van der Waals surface area contributed by atoms with Gasteiger partial charge in [0.1, 0.15) is 0 Å². The molecular formula is C22H37N5O. The first-order valence-electron chi connectivity index (χ1n) is 10.7. The number of aryl methyl sites for hydroxylation is 1. The smallest absolute Gasteiger partial charge is 0.191 e. The molecule has 0 radical (unpaired) electrons. The van der Waals surface area contributed by atoms with E-state index < -0.39 is 0 Å². The van der Waals surface area contributed by atoms with E-state index in [-0.39, 0.29) is 5.54 Å². The van der Waals surface area contributed by atoms with Gasteiger partial charge in [0.25, 0.3) is 0 Å². The first-order valence-corrected chi connectivity index (χ1v) is 10.7. The van der Waals surface area contributed by atoms with E-state index in [1.165, 1.54) is 11.3 Å². The van der Waals surface area contributed by atoms with Gasteiger partial charge in [-0.2, -0.15) is 0 Å². The third-order valence-corrected chi connectivity index (χ3v) is 5.76. The number of benzene rings is 1. The maximum absolute atomic E-state index is 5.49. The summed E-state index contributed by atoms with van der Waals surface area (Å²) in [5, 5.41) is 7.08. The van der Waals surface area contributed by atoms with E-state index in [1.54, 1.807) is 0 Å². The Bertz CT molecular complexity index is 637. The third-order valence-electron chi connectivity index (χ3n) is 5.76. The average molecular weight is 388 g/mol. The quantitative estimate of drug-likeness (QED) is 0.579. The van der Waals surface area contributed by atoms with Crippen LogP contribution in [0.25, 0.3) is 0 Å². The molecule has 156 valence electrons. The second-order valence-electron chi connectivity index (χ2n) is 8.52. The number of aliphatic imine (C=N–C) groups is 1. The molecule has 0 aliphatic carbocycles. The lowest BCUT2D eigenvalue weighted by atomic mass is 10.0. The summed E-state index contributed by atoms with van der Waals surface area (Å²) in [5.41, 5.74) is 2.66. The molecule has 0 bridgehead atoms. The number of guanidine groups is 1. The number of morpholine rings is 1. The van der Waals surface area contributed by atoms with Crippen LogP contribution in [0, 0.1) is 6.92 Å². The van der Waals surface area contributed by atoms with E-state index >= 15 is 0 Å². The van der Waals surface area contributed by atoms with Gasteiger partial charge in [0.05, 0.1) is 19.8 Å². The number of hydrogen-bond acceptors (Lipinski definition) is 4. The molecule has 0 amide bonds. The van der Waals surface area contributed by atoms with Crippen molar-refractivity contribution in [3.63, 3.8) is 0 Å². The molecule has 1 atom stereocenters. The lowest BCUT2D eigenvalue weighted by Crippen LogP contribution is -2.52. The predicted molar refractivity (Wildman–Crippen MR) is 117 cm³/mol. The molecule has 6 nitrogen and oxygen atoms in total. The molecule has 6 heteroatoms. The van der Waals surface area contributed by atoms with Gasteiger partial charge >= 0.3 is 0 Å². The number of nitrogens with zero attached hydrogens (tertiary/aromatic N) is 3. The van der Waals surface area contributed by atoms with Crippen molar-refractivity contribution in [3.8, 4) is 0 Å².